The molecule has 2 heterocycles. The van der Waals surface area contributed by atoms with Crippen molar-refractivity contribution in [1.82, 2.24) is 19.4 Å². The summed E-state index contributed by atoms with van der Waals surface area (Å²) in [7, 11) is -3.13. The molecule has 0 spiro atoms. The zero-order valence-corrected chi connectivity index (χ0v) is 13.0. The Balaban J connectivity index is 1.83. The van der Waals surface area contributed by atoms with Crippen molar-refractivity contribution in [2.24, 2.45) is 0 Å². The summed E-state index contributed by atoms with van der Waals surface area (Å²) >= 11 is 0. The molecule has 1 atom stereocenters. The van der Waals surface area contributed by atoms with E-state index in [0.717, 1.165) is 19.6 Å². The van der Waals surface area contributed by atoms with Crippen molar-refractivity contribution in [1.29, 1.82) is 0 Å². The number of sulfonamides is 1. The predicted octanol–water partition coefficient (Wildman–Crippen LogP) is -1.62. The van der Waals surface area contributed by atoms with Gasteiger partial charge in [0.05, 0.1) is 12.8 Å². The average Bonchev–Trinajstić information content (AvgIpc) is 2.40. The van der Waals surface area contributed by atoms with Gasteiger partial charge in [0.2, 0.25) is 15.9 Å². The van der Waals surface area contributed by atoms with Gasteiger partial charge in [-0.3, -0.25) is 9.69 Å². The van der Waals surface area contributed by atoms with Gasteiger partial charge in [-0.1, -0.05) is 0 Å². The molecule has 116 valence electrons. The fourth-order valence-corrected chi connectivity index (χ4v) is 3.49. The van der Waals surface area contributed by atoms with Crippen LogP contribution in [0.25, 0.3) is 0 Å². The average molecular weight is 304 g/mol. The van der Waals surface area contributed by atoms with E-state index in [9.17, 15) is 13.2 Å². The molecule has 0 aliphatic carbocycles. The van der Waals surface area contributed by atoms with Crippen molar-refractivity contribution in [2.75, 3.05) is 58.6 Å². The Morgan fingerprint density at radius 1 is 1.20 bits per heavy atom. The molecule has 1 amide bonds. The third kappa shape index (κ3) is 3.91. The highest BCUT2D eigenvalue weighted by Crippen LogP contribution is 2.08. The predicted molar refractivity (Wildman–Crippen MR) is 76.9 cm³/mol. The molecule has 1 N–H and O–H groups in total. The van der Waals surface area contributed by atoms with Crippen LogP contribution in [-0.2, 0) is 14.8 Å². The third-order valence-electron chi connectivity index (χ3n) is 4.04. The number of piperazine rings is 2. The second-order valence-corrected chi connectivity index (χ2v) is 7.55. The van der Waals surface area contributed by atoms with Crippen molar-refractivity contribution in [3.8, 4) is 0 Å². The number of amides is 1. The molecule has 2 aliphatic rings. The van der Waals surface area contributed by atoms with Crippen LogP contribution in [0.5, 0.6) is 0 Å². The number of nitrogens with one attached hydrogen (secondary N) is 1. The van der Waals surface area contributed by atoms with E-state index in [1.54, 1.807) is 4.90 Å². The lowest BCUT2D eigenvalue weighted by Crippen LogP contribution is -2.56. The molecule has 0 bridgehead atoms. The molecule has 0 saturated carbocycles. The summed E-state index contributed by atoms with van der Waals surface area (Å²) in [6.07, 6.45) is 1.22. The molecule has 2 rings (SSSR count). The number of carbonyl (C=O) groups excluding carboxylic acids is 1. The van der Waals surface area contributed by atoms with E-state index in [2.05, 4.69) is 17.1 Å². The molecule has 7 nitrogen and oxygen atoms in total. The quantitative estimate of drug-likeness (QED) is 0.679. The maximum atomic E-state index is 12.3. The molecular weight excluding hydrogens is 280 g/mol. The van der Waals surface area contributed by atoms with Crippen LogP contribution in [0.3, 0.4) is 0 Å². The first-order valence-electron chi connectivity index (χ1n) is 7.05. The molecule has 0 unspecified atom stereocenters. The first-order chi connectivity index (χ1) is 9.38. The van der Waals surface area contributed by atoms with E-state index in [1.165, 1.54) is 10.6 Å². The van der Waals surface area contributed by atoms with E-state index in [0.29, 0.717) is 38.8 Å². The van der Waals surface area contributed by atoms with Crippen LogP contribution < -0.4 is 5.32 Å². The Kier molecular flexibility index (Phi) is 5.00. The Morgan fingerprint density at radius 3 is 2.40 bits per heavy atom. The van der Waals surface area contributed by atoms with Crippen molar-refractivity contribution >= 4 is 15.9 Å². The number of hydrogen-bond donors (Lipinski definition) is 1. The van der Waals surface area contributed by atoms with Crippen molar-refractivity contribution in [3.05, 3.63) is 0 Å². The number of carbonyl (C=O) groups is 1. The lowest BCUT2D eigenvalue weighted by Gasteiger charge is -2.37. The normalized spacial score (nSPS) is 26.7. The highest BCUT2D eigenvalue weighted by Gasteiger charge is 2.28. The Labute approximate surface area is 120 Å². The molecule has 8 heteroatoms. The molecule has 2 fully saturated rings. The minimum atomic E-state index is -3.13. The van der Waals surface area contributed by atoms with E-state index < -0.39 is 10.0 Å². The summed E-state index contributed by atoms with van der Waals surface area (Å²) in [6, 6.07) is 0.366. The van der Waals surface area contributed by atoms with Crippen LogP contribution in [0.4, 0.5) is 0 Å². The lowest BCUT2D eigenvalue weighted by molar-refractivity contribution is -0.134. The summed E-state index contributed by atoms with van der Waals surface area (Å²) in [5.74, 6) is 0.104. The first-order valence-corrected chi connectivity index (χ1v) is 8.90. The van der Waals surface area contributed by atoms with Crippen LogP contribution in [0.1, 0.15) is 6.92 Å². The molecule has 0 radical (unpaired) electrons. The minimum absolute atomic E-state index is 0.104. The molecule has 0 aromatic carbocycles. The standard InChI is InChI=1S/C12H24N4O3S/c1-11-9-13-3-4-15(11)10-12(17)14-5-7-16(8-6-14)20(2,18)19/h11,13H,3-10H2,1-2H3/t11-/m0/s1. The topological polar surface area (TPSA) is 73.0 Å². The van der Waals surface area contributed by atoms with Gasteiger partial charge in [0, 0.05) is 51.9 Å². The molecular formula is C12H24N4O3S. The Bertz CT molecular complexity index is 446. The lowest BCUT2D eigenvalue weighted by atomic mass is 10.2. The van der Waals surface area contributed by atoms with Gasteiger partial charge in [-0.15, -0.1) is 0 Å². The van der Waals surface area contributed by atoms with Gasteiger partial charge < -0.3 is 10.2 Å². The highest BCUT2D eigenvalue weighted by molar-refractivity contribution is 7.88. The maximum absolute atomic E-state index is 12.3. The van der Waals surface area contributed by atoms with Gasteiger partial charge in [0.1, 0.15) is 0 Å². The summed E-state index contributed by atoms with van der Waals surface area (Å²) in [5.41, 5.74) is 0. The summed E-state index contributed by atoms with van der Waals surface area (Å²) < 4.78 is 24.3. The van der Waals surface area contributed by atoms with Gasteiger partial charge >= 0.3 is 0 Å². The van der Waals surface area contributed by atoms with Crippen LogP contribution in [0.2, 0.25) is 0 Å². The van der Waals surface area contributed by atoms with Gasteiger partial charge in [-0.05, 0) is 6.92 Å². The zero-order chi connectivity index (χ0) is 14.8. The number of rotatable bonds is 3. The molecule has 20 heavy (non-hydrogen) atoms. The minimum Gasteiger partial charge on any atom is -0.339 e. The Hall–Kier alpha value is -0.700. The van der Waals surface area contributed by atoms with E-state index in [4.69, 9.17) is 0 Å². The largest absolute Gasteiger partial charge is 0.339 e. The van der Waals surface area contributed by atoms with Crippen LogP contribution in [0, 0.1) is 0 Å². The second kappa shape index (κ2) is 6.38. The van der Waals surface area contributed by atoms with Gasteiger partial charge in [-0.2, -0.15) is 4.31 Å². The second-order valence-electron chi connectivity index (χ2n) is 5.57. The van der Waals surface area contributed by atoms with E-state index in [1.807, 2.05) is 0 Å². The fraction of sp³-hybridized carbons (Fsp3) is 0.917. The third-order valence-corrected chi connectivity index (χ3v) is 5.34. The summed E-state index contributed by atoms with van der Waals surface area (Å²) in [4.78, 5) is 16.2. The van der Waals surface area contributed by atoms with Crippen LogP contribution in [-0.4, -0.2) is 93.1 Å². The molecule has 2 aliphatic heterocycles. The Morgan fingerprint density at radius 2 is 1.85 bits per heavy atom. The maximum Gasteiger partial charge on any atom is 0.236 e. The fourth-order valence-electron chi connectivity index (χ4n) is 2.66. The van der Waals surface area contributed by atoms with Crippen molar-refractivity contribution in [3.63, 3.8) is 0 Å². The number of nitrogens with zero attached hydrogens (tertiary/aromatic N) is 3. The molecule has 0 aromatic heterocycles. The monoisotopic (exact) mass is 304 g/mol. The van der Waals surface area contributed by atoms with Crippen LogP contribution >= 0.6 is 0 Å². The molecule has 0 aromatic rings. The summed E-state index contributed by atoms with van der Waals surface area (Å²) in [6.45, 7) is 7.05. The van der Waals surface area contributed by atoms with E-state index >= 15 is 0 Å². The molecule has 2 saturated heterocycles. The van der Waals surface area contributed by atoms with Gasteiger partial charge in [0.25, 0.3) is 0 Å². The van der Waals surface area contributed by atoms with Crippen molar-refractivity contribution in [2.45, 2.75) is 13.0 Å². The first kappa shape index (κ1) is 15.7. The van der Waals surface area contributed by atoms with Crippen LogP contribution in [0.15, 0.2) is 0 Å². The van der Waals surface area contributed by atoms with Crippen molar-refractivity contribution < 1.29 is 13.2 Å². The van der Waals surface area contributed by atoms with Gasteiger partial charge in [0.15, 0.2) is 0 Å². The van der Waals surface area contributed by atoms with E-state index in [-0.39, 0.29) is 5.91 Å². The van der Waals surface area contributed by atoms with Gasteiger partial charge in [-0.25, -0.2) is 8.42 Å². The smallest absolute Gasteiger partial charge is 0.236 e. The number of hydrogen-bond acceptors (Lipinski definition) is 5. The highest BCUT2D eigenvalue weighted by atomic mass is 32.2. The summed E-state index contributed by atoms with van der Waals surface area (Å²) in [5, 5.41) is 3.30. The zero-order valence-electron chi connectivity index (χ0n) is 12.2. The SMILES string of the molecule is C[C@H]1CNCCN1CC(=O)N1CCN(S(C)(=O)=O)CC1.